The van der Waals surface area contributed by atoms with Gasteiger partial charge in [-0.25, -0.2) is 14.4 Å². The number of hydrogen-bond donors (Lipinski definition) is 2. The molecule has 0 fully saturated rings. The second-order valence-electron chi connectivity index (χ2n) is 8.53. The van der Waals surface area contributed by atoms with Crippen molar-refractivity contribution in [3.05, 3.63) is 93.6 Å². The number of carbonyl (C=O) groups excluding carboxylic acids is 1. The number of rotatable bonds is 6. The number of benzene rings is 2. The number of nitrogens with one attached hydrogen (secondary N) is 1. The molecular weight excluding hydrogens is 504 g/mol. The predicted octanol–water partition coefficient (Wildman–Crippen LogP) is 5.63. The Hall–Kier alpha value is -3.46. The Morgan fingerprint density at radius 2 is 2.00 bits per heavy atom. The van der Waals surface area contributed by atoms with E-state index >= 15 is 0 Å². The molecule has 0 spiro atoms. The van der Waals surface area contributed by atoms with Crippen molar-refractivity contribution in [2.75, 3.05) is 18.5 Å². The molecule has 1 atom stereocenters. The fourth-order valence-corrected chi connectivity index (χ4v) is 4.78. The molecular formula is C26H22Cl2FN5O2. The minimum atomic E-state index is -0.500. The van der Waals surface area contributed by atoms with Crippen molar-refractivity contribution in [1.82, 2.24) is 19.4 Å². The largest absolute Gasteiger partial charge is 0.394 e. The van der Waals surface area contributed by atoms with Crippen molar-refractivity contribution in [1.29, 1.82) is 0 Å². The number of carbonyl (C=O) groups is 1. The van der Waals surface area contributed by atoms with Crippen LogP contribution in [-0.2, 0) is 6.54 Å². The summed E-state index contributed by atoms with van der Waals surface area (Å²) >= 11 is 12.3. The van der Waals surface area contributed by atoms with Crippen LogP contribution in [0, 0.1) is 12.7 Å². The molecule has 5 rings (SSSR count). The Bertz CT molecular complexity index is 1460. The first-order valence-electron chi connectivity index (χ1n) is 11.3. The second kappa shape index (κ2) is 9.89. The summed E-state index contributed by atoms with van der Waals surface area (Å²) in [5.74, 6) is -0.329. The van der Waals surface area contributed by atoms with Gasteiger partial charge < -0.3 is 19.9 Å². The zero-order chi connectivity index (χ0) is 25.4. The number of amides is 1. The van der Waals surface area contributed by atoms with Crippen molar-refractivity contribution in [3.8, 4) is 11.3 Å². The molecule has 0 saturated carbocycles. The van der Waals surface area contributed by atoms with E-state index < -0.39 is 11.9 Å². The molecule has 2 N–H and O–H groups in total. The molecule has 0 radical (unpaired) electrons. The SMILES string of the molecule is Cc1cnc(Nc2ccc(F)cc2Cl)nc1-c1cc2n(c1)CCN(C(CO)c1cccc(Cl)c1)C2=O. The summed E-state index contributed by atoms with van der Waals surface area (Å²) in [6.07, 6.45) is 3.57. The van der Waals surface area contributed by atoms with Gasteiger partial charge in [-0.2, -0.15) is 0 Å². The molecule has 184 valence electrons. The van der Waals surface area contributed by atoms with Crippen molar-refractivity contribution in [2.45, 2.75) is 19.5 Å². The molecule has 1 unspecified atom stereocenters. The highest BCUT2D eigenvalue weighted by Crippen LogP contribution is 2.32. The summed E-state index contributed by atoms with van der Waals surface area (Å²) in [5, 5.41) is 13.9. The summed E-state index contributed by atoms with van der Waals surface area (Å²) in [6, 6.07) is 12.5. The molecule has 0 bridgehead atoms. The van der Waals surface area contributed by atoms with E-state index in [1.807, 2.05) is 23.8 Å². The average molecular weight is 526 g/mol. The zero-order valence-electron chi connectivity index (χ0n) is 19.3. The fraction of sp³-hybridized carbons (Fsp3) is 0.192. The van der Waals surface area contributed by atoms with E-state index in [9.17, 15) is 14.3 Å². The lowest BCUT2D eigenvalue weighted by Crippen LogP contribution is -2.43. The number of nitrogens with zero attached hydrogens (tertiary/aromatic N) is 4. The highest BCUT2D eigenvalue weighted by molar-refractivity contribution is 6.33. The summed E-state index contributed by atoms with van der Waals surface area (Å²) in [4.78, 5) is 24.1. The lowest BCUT2D eigenvalue weighted by Gasteiger charge is -2.34. The Morgan fingerprint density at radius 3 is 2.75 bits per heavy atom. The normalized spacial score (nSPS) is 14.0. The van der Waals surface area contributed by atoms with Gasteiger partial charge in [-0.3, -0.25) is 4.79 Å². The summed E-state index contributed by atoms with van der Waals surface area (Å²) in [5.41, 5.74) is 4.00. The smallest absolute Gasteiger partial charge is 0.271 e. The third-order valence-electron chi connectivity index (χ3n) is 6.16. The van der Waals surface area contributed by atoms with Crippen LogP contribution in [0.4, 0.5) is 16.0 Å². The highest BCUT2D eigenvalue weighted by Gasteiger charge is 2.32. The predicted molar refractivity (Wildman–Crippen MR) is 137 cm³/mol. The van der Waals surface area contributed by atoms with Crippen molar-refractivity contribution in [2.24, 2.45) is 0 Å². The van der Waals surface area contributed by atoms with Crippen LogP contribution in [0.2, 0.25) is 10.0 Å². The van der Waals surface area contributed by atoms with E-state index in [2.05, 4.69) is 15.3 Å². The molecule has 2 aromatic carbocycles. The highest BCUT2D eigenvalue weighted by atomic mass is 35.5. The van der Waals surface area contributed by atoms with E-state index in [0.29, 0.717) is 41.1 Å². The molecule has 0 saturated heterocycles. The first-order chi connectivity index (χ1) is 17.3. The van der Waals surface area contributed by atoms with E-state index in [1.165, 1.54) is 18.2 Å². The van der Waals surface area contributed by atoms with Gasteiger partial charge in [-0.1, -0.05) is 35.3 Å². The molecule has 4 aromatic rings. The van der Waals surface area contributed by atoms with Crippen molar-refractivity contribution >= 4 is 40.7 Å². The number of aromatic nitrogens is 3. The molecule has 36 heavy (non-hydrogen) atoms. The Morgan fingerprint density at radius 1 is 1.17 bits per heavy atom. The topological polar surface area (TPSA) is 83.3 Å². The molecule has 0 aliphatic carbocycles. The van der Waals surface area contributed by atoms with Gasteiger partial charge in [0, 0.05) is 36.1 Å². The average Bonchev–Trinajstić information content (AvgIpc) is 3.29. The maximum Gasteiger partial charge on any atom is 0.271 e. The van der Waals surface area contributed by atoms with Gasteiger partial charge in [0.25, 0.3) is 5.91 Å². The number of aryl methyl sites for hydroxylation is 1. The molecule has 10 heteroatoms. The molecule has 1 aliphatic rings. The quantitative estimate of drug-likeness (QED) is 0.340. The molecule has 1 amide bonds. The first-order valence-corrected chi connectivity index (χ1v) is 12.0. The van der Waals surface area contributed by atoms with E-state index in [1.54, 1.807) is 35.4 Å². The van der Waals surface area contributed by atoms with Crippen LogP contribution in [0.5, 0.6) is 0 Å². The third kappa shape index (κ3) is 4.67. The Kier molecular flexibility index (Phi) is 6.66. The fourth-order valence-electron chi connectivity index (χ4n) is 4.37. The van der Waals surface area contributed by atoms with Gasteiger partial charge >= 0.3 is 0 Å². The minimum absolute atomic E-state index is 0.185. The molecule has 1 aliphatic heterocycles. The molecule has 3 heterocycles. The van der Waals surface area contributed by atoms with Gasteiger partial charge in [-0.15, -0.1) is 0 Å². The van der Waals surface area contributed by atoms with Crippen LogP contribution in [0.3, 0.4) is 0 Å². The summed E-state index contributed by atoms with van der Waals surface area (Å²) in [6.45, 7) is 2.68. The van der Waals surface area contributed by atoms with Crippen LogP contribution in [0.25, 0.3) is 11.3 Å². The zero-order valence-corrected chi connectivity index (χ0v) is 20.8. The minimum Gasteiger partial charge on any atom is -0.394 e. The van der Waals surface area contributed by atoms with Crippen molar-refractivity contribution in [3.63, 3.8) is 0 Å². The summed E-state index contributed by atoms with van der Waals surface area (Å²) < 4.78 is 15.3. The number of aliphatic hydroxyl groups excluding tert-OH is 1. The van der Waals surface area contributed by atoms with Gasteiger partial charge in [0.2, 0.25) is 5.95 Å². The van der Waals surface area contributed by atoms with Crippen LogP contribution in [-0.4, -0.2) is 43.6 Å². The number of anilines is 2. The lowest BCUT2D eigenvalue weighted by molar-refractivity contribution is 0.0526. The molecule has 7 nitrogen and oxygen atoms in total. The Balaban J connectivity index is 1.44. The second-order valence-corrected chi connectivity index (χ2v) is 9.38. The Labute approximate surface area is 217 Å². The van der Waals surface area contributed by atoms with Crippen LogP contribution in [0.15, 0.2) is 60.9 Å². The van der Waals surface area contributed by atoms with E-state index in [0.717, 1.165) is 16.7 Å². The first kappa shape index (κ1) is 24.2. The standard InChI is InChI=1S/C26H22Cl2FN5O2/c1-15-12-30-26(31-21-6-5-19(29)11-20(21)28)32-24(15)17-10-22-25(36)34(8-7-33(22)13-17)23(14-35)16-3-2-4-18(27)9-16/h2-6,9-13,23,35H,7-8,14H2,1H3,(H,30,31,32). The van der Waals surface area contributed by atoms with Gasteiger partial charge in [0.05, 0.1) is 29.1 Å². The van der Waals surface area contributed by atoms with E-state index in [-0.39, 0.29) is 17.5 Å². The molecule has 2 aromatic heterocycles. The lowest BCUT2D eigenvalue weighted by atomic mass is 10.0. The van der Waals surface area contributed by atoms with Crippen molar-refractivity contribution < 1.29 is 14.3 Å². The van der Waals surface area contributed by atoms with Crippen LogP contribution < -0.4 is 5.32 Å². The number of hydrogen-bond acceptors (Lipinski definition) is 5. The monoisotopic (exact) mass is 525 g/mol. The maximum absolute atomic E-state index is 13.4. The van der Waals surface area contributed by atoms with Gasteiger partial charge in [0.15, 0.2) is 0 Å². The van der Waals surface area contributed by atoms with Crippen LogP contribution in [0.1, 0.15) is 27.7 Å². The number of halogens is 3. The number of fused-ring (bicyclic) bond motifs is 1. The summed E-state index contributed by atoms with van der Waals surface area (Å²) in [7, 11) is 0. The van der Waals surface area contributed by atoms with Gasteiger partial charge in [0.1, 0.15) is 11.5 Å². The van der Waals surface area contributed by atoms with Crippen LogP contribution >= 0.6 is 23.2 Å². The maximum atomic E-state index is 13.4. The number of aliphatic hydroxyl groups is 1. The van der Waals surface area contributed by atoms with E-state index in [4.69, 9.17) is 23.2 Å². The third-order valence-corrected chi connectivity index (χ3v) is 6.71. The van der Waals surface area contributed by atoms with Gasteiger partial charge in [-0.05, 0) is 54.4 Å².